The van der Waals surface area contributed by atoms with E-state index >= 15 is 0 Å². The quantitative estimate of drug-likeness (QED) is 0.654. The number of anilines is 1. The molecule has 0 saturated heterocycles. The standard InChI is InChI=1S/C14H9BrClF4N/c15-9-3-8(4-11(17)5-9)7-21-13-2-1-10(16)6-12(13)14(18,19)20/h1-6,21H,7H2. The molecule has 0 saturated carbocycles. The molecule has 7 heteroatoms. The van der Waals surface area contributed by atoms with E-state index < -0.39 is 17.6 Å². The molecule has 2 aromatic carbocycles. The minimum Gasteiger partial charge on any atom is -0.380 e. The van der Waals surface area contributed by atoms with Crippen molar-refractivity contribution in [1.82, 2.24) is 0 Å². The smallest absolute Gasteiger partial charge is 0.380 e. The maximum atomic E-state index is 13.2. The van der Waals surface area contributed by atoms with Crippen molar-refractivity contribution in [2.45, 2.75) is 12.7 Å². The van der Waals surface area contributed by atoms with Gasteiger partial charge in [0, 0.05) is 21.7 Å². The van der Waals surface area contributed by atoms with Crippen molar-refractivity contribution >= 4 is 33.2 Å². The highest BCUT2D eigenvalue weighted by Gasteiger charge is 2.33. The van der Waals surface area contributed by atoms with E-state index in [1.54, 1.807) is 6.07 Å². The molecular weight excluding hydrogens is 374 g/mol. The van der Waals surface area contributed by atoms with Crippen molar-refractivity contribution < 1.29 is 17.6 Å². The van der Waals surface area contributed by atoms with Crippen molar-refractivity contribution in [3.8, 4) is 0 Å². The van der Waals surface area contributed by atoms with Crippen molar-refractivity contribution in [2.24, 2.45) is 0 Å². The second-order valence-corrected chi connectivity index (χ2v) is 5.67. The first-order chi connectivity index (χ1) is 9.75. The number of alkyl halides is 3. The lowest BCUT2D eigenvalue weighted by Gasteiger charge is -2.15. The highest BCUT2D eigenvalue weighted by molar-refractivity contribution is 9.10. The number of nitrogens with one attached hydrogen (secondary N) is 1. The van der Waals surface area contributed by atoms with Crippen LogP contribution in [0.1, 0.15) is 11.1 Å². The monoisotopic (exact) mass is 381 g/mol. The Labute approximate surface area is 132 Å². The number of rotatable bonds is 3. The van der Waals surface area contributed by atoms with Gasteiger partial charge in [-0.25, -0.2) is 4.39 Å². The van der Waals surface area contributed by atoms with Gasteiger partial charge in [0.25, 0.3) is 0 Å². The largest absolute Gasteiger partial charge is 0.418 e. The molecule has 21 heavy (non-hydrogen) atoms. The second-order valence-electron chi connectivity index (χ2n) is 4.32. The van der Waals surface area contributed by atoms with E-state index in [0.717, 1.165) is 6.07 Å². The summed E-state index contributed by atoms with van der Waals surface area (Å²) in [6.07, 6.45) is -4.52. The van der Waals surface area contributed by atoms with Gasteiger partial charge >= 0.3 is 6.18 Å². The Kier molecular flexibility index (Phi) is 4.78. The topological polar surface area (TPSA) is 12.0 Å². The Morgan fingerprint density at radius 2 is 1.81 bits per heavy atom. The average Bonchev–Trinajstić information content (AvgIpc) is 2.35. The fourth-order valence-electron chi connectivity index (χ4n) is 1.82. The normalized spacial score (nSPS) is 11.5. The first-order valence-corrected chi connectivity index (χ1v) is 6.98. The maximum Gasteiger partial charge on any atom is 0.418 e. The Balaban J connectivity index is 2.24. The fraction of sp³-hybridized carbons (Fsp3) is 0.143. The molecule has 0 heterocycles. The van der Waals surface area contributed by atoms with E-state index in [0.29, 0.717) is 10.0 Å². The van der Waals surface area contributed by atoms with Gasteiger partial charge in [-0.3, -0.25) is 0 Å². The van der Waals surface area contributed by atoms with Crippen LogP contribution in [0.4, 0.5) is 23.2 Å². The molecule has 0 bridgehead atoms. The average molecular weight is 383 g/mol. The Morgan fingerprint density at radius 3 is 2.43 bits per heavy atom. The summed E-state index contributed by atoms with van der Waals surface area (Å²) in [4.78, 5) is 0. The van der Waals surface area contributed by atoms with Crippen LogP contribution >= 0.6 is 27.5 Å². The summed E-state index contributed by atoms with van der Waals surface area (Å²) in [6, 6.07) is 7.61. The molecule has 0 fully saturated rings. The zero-order chi connectivity index (χ0) is 15.6. The molecule has 0 spiro atoms. The molecule has 0 unspecified atom stereocenters. The SMILES string of the molecule is Fc1cc(Br)cc(CNc2ccc(Cl)cc2C(F)(F)F)c1. The molecule has 2 aromatic rings. The van der Waals surface area contributed by atoms with Gasteiger partial charge in [-0.2, -0.15) is 13.2 Å². The first-order valence-electron chi connectivity index (χ1n) is 5.81. The van der Waals surface area contributed by atoms with Crippen molar-refractivity contribution in [3.05, 3.63) is 62.8 Å². The van der Waals surface area contributed by atoms with Gasteiger partial charge in [0.15, 0.2) is 0 Å². The van der Waals surface area contributed by atoms with Gasteiger partial charge < -0.3 is 5.32 Å². The molecule has 0 radical (unpaired) electrons. The Hall–Kier alpha value is -1.27. The third kappa shape index (κ3) is 4.35. The molecule has 0 aliphatic carbocycles. The second kappa shape index (κ2) is 6.23. The molecule has 1 N–H and O–H groups in total. The van der Waals surface area contributed by atoms with Crippen LogP contribution in [0.2, 0.25) is 5.02 Å². The summed E-state index contributed by atoms with van der Waals surface area (Å²) in [5.74, 6) is -0.465. The van der Waals surface area contributed by atoms with Gasteiger partial charge in [-0.05, 0) is 42.0 Å². The molecule has 0 atom stereocenters. The Bertz CT molecular complexity index is 638. The van der Waals surface area contributed by atoms with Crippen LogP contribution in [0, 0.1) is 5.82 Å². The van der Waals surface area contributed by atoms with E-state index in [-0.39, 0.29) is 17.3 Å². The molecule has 2 rings (SSSR count). The van der Waals surface area contributed by atoms with Crippen molar-refractivity contribution in [1.29, 1.82) is 0 Å². The van der Waals surface area contributed by atoms with Crippen LogP contribution in [0.25, 0.3) is 0 Å². The van der Waals surface area contributed by atoms with Crippen LogP contribution in [-0.2, 0) is 12.7 Å². The predicted octanol–water partition coefficient (Wildman–Crippen LogP) is 5.87. The van der Waals surface area contributed by atoms with E-state index in [2.05, 4.69) is 21.2 Å². The van der Waals surface area contributed by atoms with Crippen molar-refractivity contribution in [2.75, 3.05) is 5.32 Å². The van der Waals surface area contributed by atoms with Gasteiger partial charge in [0.05, 0.1) is 5.56 Å². The summed E-state index contributed by atoms with van der Waals surface area (Å²) >= 11 is 8.73. The number of halogens is 6. The lowest BCUT2D eigenvalue weighted by atomic mass is 10.1. The number of hydrogen-bond donors (Lipinski definition) is 1. The lowest BCUT2D eigenvalue weighted by molar-refractivity contribution is -0.136. The van der Waals surface area contributed by atoms with Crippen molar-refractivity contribution in [3.63, 3.8) is 0 Å². The molecule has 0 aromatic heterocycles. The molecule has 1 nitrogen and oxygen atoms in total. The highest BCUT2D eigenvalue weighted by atomic mass is 79.9. The summed E-state index contributed by atoms with van der Waals surface area (Å²) in [7, 11) is 0. The predicted molar refractivity (Wildman–Crippen MR) is 77.9 cm³/mol. The van der Waals surface area contributed by atoms with Crippen LogP contribution in [0.15, 0.2) is 40.9 Å². The number of benzene rings is 2. The minimum atomic E-state index is -4.52. The van der Waals surface area contributed by atoms with Crippen LogP contribution in [0.3, 0.4) is 0 Å². The van der Waals surface area contributed by atoms with E-state index in [1.165, 1.54) is 24.3 Å². The van der Waals surface area contributed by atoms with Gasteiger partial charge in [0.1, 0.15) is 5.82 Å². The third-order valence-electron chi connectivity index (χ3n) is 2.69. The third-order valence-corrected chi connectivity index (χ3v) is 3.39. The highest BCUT2D eigenvalue weighted by Crippen LogP contribution is 2.36. The van der Waals surface area contributed by atoms with Crippen LogP contribution in [-0.4, -0.2) is 0 Å². The van der Waals surface area contributed by atoms with E-state index in [9.17, 15) is 17.6 Å². The van der Waals surface area contributed by atoms with E-state index in [1.807, 2.05) is 0 Å². The zero-order valence-corrected chi connectivity index (χ0v) is 12.8. The summed E-state index contributed by atoms with van der Waals surface area (Å²) < 4.78 is 52.5. The van der Waals surface area contributed by atoms with Crippen LogP contribution in [0.5, 0.6) is 0 Å². The van der Waals surface area contributed by atoms with Gasteiger partial charge in [-0.15, -0.1) is 0 Å². The van der Waals surface area contributed by atoms with Gasteiger partial charge in [0.2, 0.25) is 0 Å². The maximum absolute atomic E-state index is 13.2. The van der Waals surface area contributed by atoms with Gasteiger partial charge in [-0.1, -0.05) is 27.5 Å². The fourth-order valence-corrected chi connectivity index (χ4v) is 2.50. The lowest BCUT2D eigenvalue weighted by Crippen LogP contribution is -2.11. The van der Waals surface area contributed by atoms with E-state index in [4.69, 9.17) is 11.6 Å². The minimum absolute atomic E-state index is 0.00127. The molecule has 0 amide bonds. The molecule has 112 valence electrons. The van der Waals surface area contributed by atoms with Crippen LogP contribution < -0.4 is 5.32 Å². The Morgan fingerprint density at radius 1 is 1.10 bits per heavy atom. The summed E-state index contributed by atoms with van der Waals surface area (Å²) in [5.41, 5.74) is -0.442. The summed E-state index contributed by atoms with van der Waals surface area (Å²) in [6.45, 7) is 0.0566. The zero-order valence-electron chi connectivity index (χ0n) is 10.4. The molecular formula is C14H9BrClF4N. The summed E-state index contributed by atoms with van der Waals surface area (Å²) in [5, 5.41) is 2.65. The number of hydrogen-bond acceptors (Lipinski definition) is 1. The first kappa shape index (κ1) is 16.1. The molecule has 0 aliphatic rings. The molecule has 0 aliphatic heterocycles.